The van der Waals surface area contributed by atoms with Crippen LogP contribution in [-0.4, -0.2) is 42.3 Å². The number of fused-ring (bicyclic) bond motifs is 1. The maximum atomic E-state index is 12.9. The summed E-state index contributed by atoms with van der Waals surface area (Å²) in [5.74, 6) is -2.49. The summed E-state index contributed by atoms with van der Waals surface area (Å²) in [6.45, 7) is 1.98. The highest BCUT2D eigenvalue weighted by molar-refractivity contribution is 6.22. The Balaban J connectivity index is 1.25. The van der Waals surface area contributed by atoms with E-state index in [1.165, 1.54) is 47.2 Å². The zero-order chi connectivity index (χ0) is 27.1. The zero-order valence-electron chi connectivity index (χ0n) is 20.8. The van der Waals surface area contributed by atoms with Crippen LogP contribution in [0.1, 0.15) is 26.2 Å². The molecule has 11 heteroatoms. The molecule has 11 nitrogen and oxygen atoms in total. The van der Waals surface area contributed by atoms with Gasteiger partial charge in [-0.3, -0.25) is 34.2 Å². The summed E-state index contributed by atoms with van der Waals surface area (Å²) >= 11 is 0. The van der Waals surface area contributed by atoms with Gasteiger partial charge in [0.15, 0.2) is 0 Å². The van der Waals surface area contributed by atoms with Gasteiger partial charge in [0.2, 0.25) is 17.7 Å². The molecule has 2 aromatic carbocycles. The van der Waals surface area contributed by atoms with Crippen molar-refractivity contribution in [1.82, 2.24) is 0 Å². The predicted octanol–water partition coefficient (Wildman–Crippen LogP) is 3.41. The molecule has 1 aliphatic carbocycles. The fourth-order valence-electron chi connectivity index (χ4n) is 5.26. The number of anilines is 2. The smallest absolute Gasteiger partial charge is 0.316 e. The maximum absolute atomic E-state index is 12.9. The van der Waals surface area contributed by atoms with Gasteiger partial charge >= 0.3 is 5.97 Å². The normalized spacial score (nSPS) is 22.8. The third-order valence-electron chi connectivity index (χ3n) is 7.26. The number of carbonyl (C=O) groups is 4. The third kappa shape index (κ3) is 4.40. The summed E-state index contributed by atoms with van der Waals surface area (Å²) < 4.78 is 10.7. The molecule has 0 spiro atoms. The summed E-state index contributed by atoms with van der Waals surface area (Å²) in [7, 11) is 1.34. The second-order valence-corrected chi connectivity index (χ2v) is 9.65. The molecule has 38 heavy (non-hydrogen) atoms. The Bertz CT molecular complexity index is 1380. The van der Waals surface area contributed by atoms with E-state index in [4.69, 9.17) is 9.47 Å². The number of nitrogens with zero attached hydrogens (tertiary/aromatic N) is 3. The first kappa shape index (κ1) is 25.1. The van der Waals surface area contributed by atoms with Crippen molar-refractivity contribution in [3.8, 4) is 11.5 Å². The number of imide groups is 1. The highest BCUT2D eigenvalue weighted by Gasteiger charge is 2.48. The average Bonchev–Trinajstić information content (AvgIpc) is 3.40. The van der Waals surface area contributed by atoms with Gasteiger partial charge in [-0.15, -0.1) is 0 Å². The van der Waals surface area contributed by atoms with E-state index in [9.17, 15) is 29.3 Å². The number of ether oxygens (including phenoxy) is 2. The fourth-order valence-corrected chi connectivity index (χ4v) is 5.26. The largest absolute Gasteiger partial charge is 0.494 e. The van der Waals surface area contributed by atoms with E-state index in [0.29, 0.717) is 24.2 Å². The van der Waals surface area contributed by atoms with Gasteiger partial charge < -0.3 is 14.4 Å². The van der Waals surface area contributed by atoms with Gasteiger partial charge in [-0.05, 0) is 50.1 Å². The number of amides is 3. The molecule has 3 atom stereocenters. The highest BCUT2D eigenvalue weighted by Crippen LogP contribution is 2.40. The van der Waals surface area contributed by atoms with Crippen LogP contribution in [0.2, 0.25) is 0 Å². The first-order valence-electron chi connectivity index (χ1n) is 12.2. The third-order valence-corrected chi connectivity index (χ3v) is 7.26. The summed E-state index contributed by atoms with van der Waals surface area (Å²) in [6.07, 6.45) is 3.04. The van der Waals surface area contributed by atoms with Crippen molar-refractivity contribution in [2.75, 3.05) is 23.5 Å². The van der Waals surface area contributed by atoms with Crippen molar-refractivity contribution in [3.63, 3.8) is 0 Å². The van der Waals surface area contributed by atoms with Crippen molar-refractivity contribution < 1.29 is 33.6 Å². The van der Waals surface area contributed by atoms with Gasteiger partial charge in [0.25, 0.3) is 5.69 Å². The lowest BCUT2D eigenvalue weighted by Crippen LogP contribution is -2.30. The molecule has 3 amide bonds. The SMILES string of the molecule is COc1cc([N+](=O)[O-])ccc1N1C[C@H](C(=O)Oc2ccc(N3C(=O)[C@H]4CC=C(C)C[C@H]4C3=O)cc2)CC1=O. The van der Waals surface area contributed by atoms with E-state index < -0.39 is 16.8 Å². The van der Waals surface area contributed by atoms with Gasteiger partial charge in [-0.1, -0.05) is 11.6 Å². The lowest BCUT2D eigenvalue weighted by molar-refractivity contribution is -0.384. The van der Waals surface area contributed by atoms with Crippen LogP contribution in [-0.2, 0) is 19.2 Å². The van der Waals surface area contributed by atoms with Crippen LogP contribution in [0.25, 0.3) is 0 Å². The van der Waals surface area contributed by atoms with Crippen LogP contribution < -0.4 is 19.3 Å². The molecular formula is C27H25N3O8. The van der Waals surface area contributed by atoms with Crippen molar-refractivity contribution in [1.29, 1.82) is 0 Å². The molecule has 0 saturated carbocycles. The average molecular weight is 520 g/mol. The first-order valence-corrected chi connectivity index (χ1v) is 12.2. The summed E-state index contributed by atoms with van der Waals surface area (Å²) in [4.78, 5) is 64.3. The molecule has 0 unspecified atom stereocenters. The van der Waals surface area contributed by atoms with E-state index in [1.54, 1.807) is 12.1 Å². The van der Waals surface area contributed by atoms with Crippen LogP contribution in [0.3, 0.4) is 0 Å². The van der Waals surface area contributed by atoms with Crippen LogP contribution >= 0.6 is 0 Å². The molecule has 0 N–H and O–H groups in total. The van der Waals surface area contributed by atoms with E-state index in [2.05, 4.69) is 0 Å². The minimum atomic E-state index is -0.761. The maximum Gasteiger partial charge on any atom is 0.316 e. The summed E-state index contributed by atoms with van der Waals surface area (Å²) in [5, 5.41) is 11.0. The van der Waals surface area contributed by atoms with Gasteiger partial charge in [-0.25, -0.2) is 0 Å². The van der Waals surface area contributed by atoms with Crippen molar-refractivity contribution in [2.24, 2.45) is 17.8 Å². The van der Waals surface area contributed by atoms with Gasteiger partial charge in [0.05, 0.1) is 47.2 Å². The molecule has 2 aromatic rings. The Morgan fingerprint density at radius 1 is 1.03 bits per heavy atom. The van der Waals surface area contributed by atoms with Crippen molar-refractivity contribution >= 4 is 40.8 Å². The van der Waals surface area contributed by atoms with Crippen molar-refractivity contribution in [2.45, 2.75) is 26.2 Å². The molecule has 2 heterocycles. The van der Waals surface area contributed by atoms with Crippen LogP contribution in [0, 0.1) is 27.9 Å². The van der Waals surface area contributed by atoms with Gasteiger partial charge in [0, 0.05) is 19.0 Å². The Morgan fingerprint density at radius 2 is 1.74 bits per heavy atom. The number of non-ortho nitro benzene ring substituents is 1. The molecule has 0 bridgehead atoms. The summed E-state index contributed by atoms with van der Waals surface area (Å²) in [6, 6.07) is 10.0. The number of nitro groups is 1. The molecular weight excluding hydrogens is 494 g/mol. The molecule has 5 rings (SSSR count). The van der Waals surface area contributed by atoms with Crippen LogP contribution in [0.5, 0.6) is 11.5 Å². The number of rotatable bonds is 6. The Hall–Kier alpha value is -4.54. The molecule has 196 valence electrons. The Morgan fingerprint density at radius 3 is 2.42 bits per heavy atom. The second-order valence-electron chi connectivity index (χ2n) is 9.65. The lowest BCUT2D eigenvalue weighted by atomic mass is 9.82. The molecule has 2 fully saturated rings. The number of benzene rings is 2. The van der Waals surface area contributed by atoms with Gasteiger partial charge in [-0.2, -0.15) is 0 Å². The molecule has 2 aliphatic heterocycles. The molecule has 0 radical (unpaired) electrons. The van der Waals surface area contributed by atoms with Gasteiger partial charge in [0.1, 0.15) is 11.5 Å². The fraction of sp³-hybridized carbons (Fsp3) is 0.333. The van der Waals surface area contributed by atoms with Crippen LogP contribution in [0.4, 0.5) is 17.1 Å². The monoisotopic (exact) mass is 519 g/mol. The zero-order valence-corrected chi connectivity index (χ0v) is 20.8. The molecule has 3 aliphatic rings. The number of hydrogen-bond acceptors (Lipinski definition) is 8. The standard InChI is InChI=1S/C27H25N3O8/c1-15-3-9-20-21(11-15)26(33)29(25(20)32)17-4-7-19(8-5-17)38-27(34)16-12-24(31)28(14-16)22-10-6-18(30(35)36)13-23(22)37-2/h3-8,10,13,16,20-21H,9,11-12,14H2,1-2H3/t16-,20+,21-/m1/s1. The van der Waals surface area contributed by atoms with Crippen molar-refractivity contribution in [3.05, 3.63) is 64.2 Å². The number of hydrogen-bond donors (Lipinski definition) is 0. The van der Waals surface area contributed by atoms with E-state index in [-0.39, 0.29) is 59.7 Å². The number of nitro benzene ring substituents is 1. The first-order chi connectivity index (χ1) is 18.2. The number of carbonyl (C=O) groups excluding carboxylic acids is 4. The van der Waals surface area contributed by atoms with Crippen LogP contribution in [0.15, 0.2) is 54.1 Å². The molecule has 2 saturated heterocycles. The minimum absolute atomic E-state index is 0.0247. The number of methoxy groups -OCH3 is 1. The second kappa shape index (κ2) is 9.73. The Kier molecular flexibility index (Phi) is 6.43. The van der Waals surface area contributed by atoms with E-state index in [0.717, 1.165) is 5.57 Å². The number of esters is 1. The summed E-state index contributed by atoms with van der Waals surface area (Å²) in [5.41, 5.74) is 1.67. The Labute approximate surface area is 217 Å². The lowest BCUT2D eigenvalue weighted by Gasteiger charge is -2.19. The van der Waals surface area contributed by atoms with E-state index >= 15 is 0 Å². The predicted molar refractivity (Wildman–Crippen MR) is 135 cm³/mol. The molecule has 0 aromatic heterocycles. The minimum Gasteiger partial charge on any atom is -0.494 e. The number of allylic oxidation sites excluding steroid dienone is 2. The topological polar surface area (TPSA) is 136 Å². The van der Waals surface area contributed by atoms with E-state index in [1.807, 2.05) is 13.0 Å². The quantitative estimate of drug-likeness (QED) is 0.141. The highest BCUT2D eigenvalue weighted by atomic mass is 16.6.